The van der Waals surface area contributed by atoms with Crippen LogP contribution in [0.5, 0.6) is 0 Å². The van der Waals surface area contributed by atoms with Crippen LogP contribution < -0.4 is 31.9 Å². The normalized spacial score (nSPS) is 18.8. The molecule has 3 amide bonds. The third-order valence-electron chi connectivity index (χ3n) is 12.0. The van der Waals surface area contributed by atoms with Crippen molar-refractivity contribution in [2.45, 2.75) is 50.8 Å². The molecule has 4 aromatic heterocycles. The lowest BCUT2D eigenvalue weighted by Crippen LogP contribution is -2.46. The Morgan fingerprint density at radius 3 is 2.62 bits per heavy atom. The van der Waals surface area contributed by atoms with Crippen molar-refractivity contribution < 1.29 is 27.9 Å². The number of nitrogens with one attached hydrogen (secondary N) is 4. The van der Waals surface area contributed by atoms with Gasteiger partial charge in [-0.25, -0.2) is 27.8 Å². The smallest absolute Gasteiger partial charge is 0.329 e. The summed E-state index contributed by atoms with van der Waals surface area (Å²) < 4.78 is 40.3. The number of amides is 3. The first kappa shape index (κ1) is 42.0. The molecule has 2 aromatic carbocycles. The van der Waals surface area contributed by atoms with Gasteiger partial charge in [0.25, 0.3) is 12.3 Å². The van der Waals surface area contributed by atoms with Gasteiger partial charge in [0.2, 0.25) is 11.8 Å². The molecule has 0 bridgehead atoms. The molecule has 7 heterocycles. The Kier molecular flexibility index (Phi) is 12.1. The summed E-state index contributed by atoms with van der Waals surface area (Å²) >= 11 is 0. The van der Waals surface area contributed by atoms with Crippen LogP contribution in [0.4, 0.5) is 20.3 Å². The molecule has 20 heteroatoms. The highest BCUT2D eigenvalue weighted by molar-refractivity contribution is 6.08. The topological polar surface area (TPSA) is 190 Å². The van der Waals surface area contributed by atoms with Crippen LogP contribution in [0.1, 0.15) is 58.9 Å². The maximum absolute atomic E-state index is 14.2. The number of fused-ring (bicyclic) bond motifs is 2. The minimum Gasteiger partial charge on any atom is -0.374 e. The number of aromatic nitrogens is 7. The molecule has 2 atom stereocenters. The number of ether oxygens (including phenoxy) is 1. The molecule has 0 saturated carbocycles. The van der Waals surface area contributed by atoms with Gasteiger partial charge in [-0.1, -0.05) is 18.2 Å². The average molecular weight is 866 g/mol. The van der Waals surface area contributed by atoms with Gasteiger partial charge < -0.3 is 25.6 Å². The SMILES string of the molecule is Cn1c(=O)n(C2CCC(=O)NC2=O)c2ccc(CCCN3CCO[C@@H](CNCc4ccc(-n5cc(NC(=O)c6cnn7ccc(N8CCNCC8)nc67)c(C(F)F)n5)cc4)C3)cc21. The van der Waals surface area contributed by atoms with Crippen molar-refractivity contribution in [1.82, 2.24) is 54.4 Å². The number of imidazole rings is 1. The number of hydrogen-bond acceptors (Lipinski definition) is 12. The van der Waals surface area contributed by atoms with Crippen molar-refractivity contribution >= 4 is 45.9 Å². The first-order chi connectivity index (χ1) is 30.6. The Balaban J connectivity index is 0.757. The molecule has 3 saturated heterocycles. The summed E-state index contributed by atoms with van der Waals surface area (Å²) in [6.45, 7) is 7.53. The maximum Gasteiger partial charge on any atom is 0.329 e. The molecule has 4 N–H and O–H groups in total. The van der Waals surface area contributed by atoms with E-state index in [1.165, 1.54) is 26.2 Å². The third-order valence-corrected chi connectivity index (χ3v) is 12.0. The van der Waals surface area contributed by atoms with Crippen LogP contribution in [-0.4, -0.2) is 121 Å². The number of morpholine rings is 1. The summed E-state index contributed by atoms with van der Waals surface area (Å²) in [5.41, 5.74) is 3.63. The zero-order valence-electron chi connectivity index (χ0n) is 34.8. The number of halogens is 2. The van der Waals surface area contributed by atoms with Gasteiger partial charge in [-0.2, -0.15) is 10.2 Å². The molecule has 1 unspecified atom stereocenters. The zero-order chi connectivity index (χ0) is 43.6. The Bertz CT molecular complexity index is 2700. The lowest BCUT2D eigenvalue weighted by Gasteiger charge is -2.33. The number of aryl methyl sites for hydroxylation is 2. The summed E-state index contributed by atoms with van der Waals surface area (Å²) in [5.74, 6) is -0.671. The fourth-order valence-corrected chi connectivity index (χ4v) is 8.61. The van der Waals surface area contributed by atoms with Crippen LogP contribution in [0.2, 0.25) is 0 Å². The molecule has 6 aromatic rings. The fourth-order valence-electron chi connectivity index (χ4n) is 8.61. The molecular formula is C43H49F2N13O5. The van der Waals surface area contributed by atoms with E-state index in [1.807, 2.05) is 36.4 Å². The summed E-state index contributed by atoms with van der Waals surface area (Å²) in [4.78, 5) is 60.0. The van der Waals surface area contributed by atoms with Crippen molar-refractivity contribution in [3.63, 3.8) is 0 Å². The number of carbonyl (C=O) groups excluding carboxylic acids is 3. The van der Waals surface area contributed by atoms with Crippen molar-refractivity contribution in [2.24, 2.45) is 7.05 Å². The quantitative estimate of drug-likeness (QED) is 0.117. The molecular weight excluding hydrogens is 817 g/mol. The summed E-state index contributed by atoms with van der Waals surface area (Å²) in [6, 6.07) is 14.4. The predicted molar refractivity (Wildman–Crippen MR) is 229 cm³/mol. The number of piperidine rings is 1. The van der Waals surface area contributed by atoms with Gasteiger partial charge in [-0.05, 0) is 67.3 Å². The third kappa shape index (κ3) is 8.97. The number of alkyl halides is 2. The highest BCUT2D eigenvalue weighted by Crippen LogP contribution is 2.29. The number of hydrogen-bond donors (Lipinski definition) is 4. The van der Waals surface area contributed by atoms with E-state index in [0.717, 1.165) is 75.3 Å². The van der Waals surface area contributed by atoms with E-state index in [-0.39, 0.29) is 35.4 Å². The molecule has 3 aliphatic heterocycles. The maximum atomic E-state index is 14.2. The van der Waals surface area contributed by atoms with Gasteiger partial charge in [-0.15, -0.1) is 0 Å². The molecule has 3 aliphatic rings. The number of nitrogens with zero attached hydrogens (tertiary/aromatic N) is 9. The van der Waals surface area contributed by atoms with Crippen LogP contribution >= 0.6 is 0 Å². The standard InChI is InChI=1S/C43H49F2N13O5/c1-53-35-21-27(6-9-33(35)58(43(53)62)34-10-11-37(59)51-42(34)61)3-2-15-54-19-20-63-30(25-54)23-47-22-28-4-7-29(8-5-28)57-26-32(38(52-57)39(44)45)49-41(60)31-24-48-56-16-12-36(50-40(31)56)55-17-13-46-14-18-55/h4-9,12,16,21,24,26,30,34,39,46-47H,2-3,10-11,13-15,17-20,22-23,25H2,1H3,(H,49,60)(H,51,59,61)/t30-,34?/m0/s1. The van der Waals surface area contributed by atoms with Crippen molar-refractivity contribution in [1.29, 1.82) is 0 Å². The molecule has 0 radical (unpaired) electrons. The van der Waals surface area contributed by atoms with Gasteiger partial charge >= 0.3 is 5.69 Å². The number of anilines is 2. The van der Waals surface area contributed by atoms with Gasteiger partial charge in [0.1, 0.15) is 17.4 Å². The lowest BCUT2D eigenvalue weighted by atomic mass is 10.0. The number of carbonyl (C=O) groups is 3. The highest BCUT2D eigenvalue weighted by atomic mass is 19.3. The number of rotatable bonds is 14. The first-order valence-electron chi connectivity index (χ1n) is 21.3. The van der Waals surface area contributed by atoms with Crippen molar-refractivity contribution in [2.75, 3.05) is 69.2 Å². The van der Waals surface area contributed by atoms with Gasteiger partial charge in [0.15, 0.2) is 11.3 Å². The van der Waals surface area contributed by atoms with E-state index in [1.54, 1.807) is 29.9 Å². The Morgan fingerprint density at radius 1 is 1.02 bits per heavy atom. The number of benzene rings is 2. The van der Waals surface area contributed by atoms with E-state index in [0.29, 0.717) is 48.8 Å². The number of piperazine rings is 1. The highest BCUT2D eigenvalue weighted by Gasteiger charge is 2.31. The average Bonchev–Trinajstić information content (AvgIpc) is 3.98. The monoisotopic (exact) mass is 865 g/mol. The van der Waals surface area contributed by atoms with Gasteiger partial charge in [0, 0.05) is 72.0 Å². The van der Waals surface area contributed by atoms with Crippen LogP contribution in [-0.2, 0) is 34.3 Å². The van der Waals surface area contributed by atoms with Crippen molar-refractivity contribution in [3.05, 3.63) is 100.0 Å². The number of imide groups is 1. The van der Waals surface area contributed by atoms with E-state index >= 15 is 0 Å². The van der Waals surface area contributed by atoms with Crippen molar-refractivity contribution in [3.8, 4) is 5.69 Å². The van der Waals surface area contributed by atoms with E-state index in [2.05, 4.69) is 46.2 Å². The van der Waals surface area contributed by atoms with Gasteiger partial charge in [0.05, 0.1) is 47.5 Å². The lowest BCUT2D eigenvalue weighted by molar-refractivity contribution is -0.135. The first-order valence-corrected chi connectivity index (χ1v) is 21.3. The molecule has 63 heavy (non-hydrogen) atoms. The molecule has 18 nitrogen and oxygen atoms in total. The predicted octanol–water partition coefficient (Wildman–Crippen LogP) is 2.57. The Labute approximate surface area is 360 Å². The fraction of sp³-hybridized carbons (Fsp3) is 0.419. The van der Waals surface area contributed by atoms with E-state index < -0.39 is 30.0 Å². The summed E-state index contributed by atoms with van der Waals surface area (Å²) in [6.07, 6.45) is 3.80. The molecule has 0 spiro atoms. The molecule has 3 fully saturated rings. The second-order valence-electron chi connectivity index (χ2n) is 16.2. The van der Waals surface area contributed by atoms with E-state index in [9.17, 15) is 28.0 Å². The van der Waals surface area contributed by atoms with Crippen LogP contribution in [0.15, 0.2) is 71.9 Å². The Hall–Kier alpha value is -6.35. The Morgan fingerprint density at radius 2 is 1.83 bits per heavy atom. The van der Waals surface area contributed by atoms with Gasteiger partial charge in [-0.3, -0.25) is 33.7 Å². The second kappa shape index (κ2) is 18.2. The van der Waals surface area contributed by atoms with E-state index in [4.69, 9.17) is 4.74 Å². The molecule has 330 valence electrons. The van der Waals surface area contributed by atoms with Crippen LogP contribution in [0.25, 0.3) is 22.4 Å². The largest absolute Gasteiger partial charge is 0.374 e. The molecule has 0 aliphatic carbocycles. The molecule has 9 rings (SSSR count). The minimum atomic E-state index is -2.93. The van der Waals surface area contributed by atoms with Crippen LogP contribution in [0, 0.1) is 0 Å². The summed E-state index contributed by atoms with van der Waals surface area (Å²) in [5, 5.41) is 20.1. The minimum absolute atomic E-state index is 0.00668. The van der Waals surface area contributed by atoms with Crippen LogP contribution in [0.3, 0.4) is 0 Å². The second-order valence-corrected chi connectivity index (χ2v) is 16.2. The zero-order valence-corrected chi connectivity index (χ0v) is 34.8. The summed E-state index contributed by atoms with van der Waals surface area (Å²) in [7, 11) is 1.70.